The second-order valence-corrected chi connectivity index (χ2v) is 4.52. The van der Waals surface area contributed by atoms with Gasteiger partial charge in [-0.15, -0.1) is 0 Å². The molecule has 6 heteroatoms. The minimum Gasteiger partial charge on any atom is -0.478 e. The van der Waals surface area contributed by atoms with Crippen LogP contribution in [0.1, 0.15) is 24.2 Å². The number of amides is 1. The van der Waals surface area contributed by atoms with Gasteiger partial charge in [-0.3, -0.25) is 4.79 Å². The average molecular weight is 247 g/mol. The van der Waals surface area contributed by atoms with Crippen LogP contribution in [0.3, 0.4) is 0 Å². The van der Waals surface area contributed by atoms with Gasteiger partial charge in [0.1, 0.15) is 5.54 Å². The fourth-order valence-corrected chi connectivity index (χ4v) is 1.78. The molecule has 0 aliphatic carbocycles. The van der Waals surface area contributed by atoms with E-state index in [1.165, 1.54) is 17.0 Å². The summed E-state index contributed by atoms with van der Waals surface area (Å²) in [5.41, 5.74) is 5.31. The minimum atomic E-state index is -1.07. The summed E-state index contributed by atoms with van der Waals surface area (Å²) < 4.78 is 1.49. The van der Waals surface area contributed by atoms with Crippen LogP contribution in [0.2, 0.25) is 0 Å². The van der Waals surface area contributed by atoms with Crippen molar-refractivity contribution in [3.63, 3.8) is 0 Å². The number of imidazole rings is 1. The lowest BCUT2D eigenvalue weighted by Gasteiger charge is -2.23. The van der Waals surface area contributed by atoms with Crippen LogP contribution in [0.5, 0.6) is 0 Å². The van der Waals surface area contributed by atoms with E-state index < -0.39 is 17.4 Å². The number of rotatable bonds is 3. The monoisotopic (exact) mass is 247 g/mol. The van der Waals surface area contributed by atoms with Gasteiger partial charge in [-0.25, -0.2) is 9.78 Å². The Morgan fingerprint density at radius 2 is 2.06 bits per heavy atom. The lowest BCUT2D eigenvalue weighted by Crippen LogP contribution is -2.40. The predicted molar refractivity (Wildman–Crippen MR) is 65.2 cm³/mol. The summed E-state index contributed by atoms with van der Waals surface area (Å²) in [4.78, 5) is 26.8. The summed E-state index contributed by atoms with van der Waals surface area (Å²) in [5.74, 6) is -1.62. The number of aromatic carboxylic acids is 1. The van der Waals surface area contributed by atoms with Gasteiger partial charge in [0.2, 0.25) is 5.91 Å². The molecule has 94 valence electrons. The second kappa shape index (κ2) is 3.83. The molecule has 0 saturated carbocycles. The minimum absolute atomic E-state index is 0.0966. The molecule has 0 unspecified atom stereocenters. The summed E-state index contributed by atoms with van der Waals surface area (Å²) in [7, 11) is 0. The number of carboxylic acids is 1. The van der Waals surface area contributed by atoms with Crippen molar-refractivity contribution in [1.82, 2.24) is 9.55 Å². The number of fused-ring (bicyclic) bond motifs is 1. The van der Waals surface area contributed by atoms with Crippen molar-refractivity contribution in [2.24, 2.45) is 5.73 Å². The van der Waals surface area contributed by atoms with E-state index in [9.17, 15) is 14.7 Å². The fraction of sp³-hybridized carbons (Fsp3) is 0.250. The Hall–Kier alpha value is -2.37. The third kappa shape index (κ3) is 1.62. The first-order valence-electron chi connectivity index (χ1n) is 5.35. The van der Waals surface area contributed by atoms with Crippen LogP contribution in [0.4, 0.5) is 0 Å². The van der Waals surface area contributed by atoms with E-state index >= 15 is 0 Å². The first-order valence-corrected chi connectivity index (χ1v) is 5.35. The highest BCUT2D eigenvalue weighted by atomic mass is 16.4. The van der Waals surface area contributed by atoms with Crippen LogP contribution in [0.25, 0.3) is 11.0 Å². The van der Waals surface area contributed by atoms with Crippen molar-refractivity contribution in [2.75, 3.05) is 0 Å². The topological polar surface area (TPSA) is 98.2 Å². The first-order chi connectivity index (χ1) is 8.35. The summed E-state index contributed by atoms with van der Waals surface area (Å²) in [6, 6.07) is 4.77. The summed E-state index contributed by atoms with van der Waals surface area (Å²) in [6.07, 6.45) is 1.43. The highest BCUT2D eigenvalue weighted by Gasteiger charge is 2.30. The van der Waals surface area contributed by atoms with E-state index in [0.29, 0.717) is 11.0 Å². The molecular formula is C12H13N3O3. The third-order valence-corrected chi connectivity index (χ3v) is 3.00. The maximum absolute atomic E-state index is 11.5. The lowest BCUT2D eigenvalue weighted by molar-refractivity contribution is -0.124. The molecule has 0 radical (unpaired) electrons. The van der Waals surface area contributed by atoms with Crippen LogP contribution >= 0.6 is 0 Å². The van der Waals surface area contributed by atoms with E-state index in [-0.39, 0.29) is 5.56 Å². The molecule has 0 spiro atoms. The largest absolute Gasteiger partial charge is 0.478 e. The standard InChI is InChI=1S/C12H13N3O3/c1-12(2,11(13)18)15-6-14-8-5-3-4-7(9(8)15)10(16)17/h3-6H,1-2H3,(H2,13,18)(H,16,17). The van der Waals surface area contributed by atoms with Gasteiger partial charge < -0.3 is 15.4 Å². The van der Waals surface area contributed by atoms with E-state index in [1.54, 1.807) is 26.0 Å². The van der Waals surface area contributed by atoms with Crippen LogP contribution in [0, 0.1) is 0 Å². The molecule has 0 fully saturated rings. The van der Waals surface area contributed by atoms with Crippen molar-refractivity contribution in [2.45, 2.75) is 19.4 Å². The Balaban J connectivity index is 2.82. The number of carbonyl (C=O) groups excluding carboxylic acids is 1. The number of nitrogens with zero attached hydrogens (tertiary/aromatic N) is 2. The zero-order valence-electron chi connectivity index (χ0n) is 10.0. The first kappa shape index (κ1) is 12.1. The molecular weight excluding hydrogens is 234 g/mol. The predicted octanol–water partition coefficient (Wildman–Crippen LogP) is 0.955. The van der Waals surface area contributed by atoms with Crippen molar-refractivity contribution in [3.05, 3.63) is 30.1 Å². The Bertz CT molecular complexity index is 643. The lowest BCUT2D eigenvalue weighted by atomic mass is 10.0. The molecule has 1 aromatic carbocycles. The molecule has 0 atom stereocenters. The number of carboxylic acid groups (broad SMARTS) is 1. The molecule has 2 aromatic rings. The van der Waals surface area contributed by atoms with E-state index in [4.69, 9.17) is 5.73 Å². The van der Waals surface area contributed by atoms with Gasteiger partial charge in [-0.1, -0.05) is 6.07 Å². The zero-order valence-corrected chi connectivity index (χ0v) is 10.0. The second-order valence-electron chi connectivity index (χ2n) is 4.52. The molecule has 1 heterocycles. The van der Waals surface area contributed by atoms with Gasteiger partial charge in [0, 0.05) is 0 Å². The van der Waals surface area contributed by atoms with Crippen LogP contribution in [-0.4, -0.2) is 26.5 Å². The van der Waals surface area contributed by atoms with E-state index in [0.717, 1.165) is 0 Å². The molecule has 18 heavy (non-hydrogen) atoms. The van der Waals surface area contributed by atoms with Gasteiger partial charge in [0.25, 0.3) is 0 Å². The fourth-order valence-electron chi connectivity index (χ4n) is 1.78. The molecule has 1 amide bonds. The van der Waals surface area contributed by atoms with Gasteiger partial charge in [-0.05, 0) is 26.0 Å². The summed E-state index contributed by atoms with van der Waals surface area (Å²) in [6.45, 7) is 3.24. The Morgan fingerprint density at radius 3 is 2.61 bits per heavy atom. The number of primary amides is 1. The quantitative estimate of drug-likeness (QED) is 0.843. The highest BCUT2D eigenvalue weighted by Crippen LogP contribution is 2.25. The maximum Gasteiger partial charge on any atom is 0.337 e. The number of benzene rings is 1. The average Bonchev–Trinajstić information content (AvgIpc) is 2.72. The zero-order chi connectivity index (χ0) is 13.5. The van der Waals surface area contributed by atoms with Crippen molar-refractivity contribution in [1.29, 1.82) is 0 Å². The normalized spacial score (nSPS) is 11.7. The molecule has 0 aliphatic heterocycles. The molecule has 0 saturated heterocycles. The number of nitrogens with two attached hydrogens (primary N) is 1. The molecule has 3 N–H and O–H groups in total. The van der Waals surface area contributed by atoms with Crippen LogP contribution in [-0.2, 0) is 10.3 Å². The highest BCUT2D eigenvalue weighted by molar-refractivity contribution is 6.01. The van der Waals surface area contributed by atoms with Crippen LogP contribution < -0.4 is 5.73 Å². The Labute approximate surface area is 103 Å². The molecule has 0 aliphatic rings. The van der Waals surface area contributed by atoms with E-state index in [1.807, 2.05) is 0 Å². The van der Waals surface area contributed by atoms with Gasteiger partial charge >= 0.3 is 5.97 Å². The summed E-state index contributed by atoms with van der Waals surface area (Å²) >= 11 is 0. The molecule has 6 nitrogen and oxygen atoms in total. The Morgan fingerprint density at radius 1 is 1.39 bits per heavy atom. The molecule has 0 bridgehead atoms. The summed E-state index contributed by atoms with van der Waals surface area (Å²) in [5, 5.41) is 9.17. The molecule has 1 aromatic heterocycles. The number of carbonyl (C=O) groups is 2. The van der Waals surface area contributed by atoms with Crippen molar-refractivity contribution in [3.8, 4) is 0 Å². The number of aromatic nitrogens is 2. The molecule has 2 rings (SSSR count). The number of hydrogen-bond acceptors (Lipinski definition) is 3. The van der Waals surface area contributed by atoms with Gasteiger partial charge in [0.05, 0.1) is 22.9 Å². The third-order valence-electron chi connectivity index (χ3n) is 3.00. The number of para-hydroxylation sites is 1. The van der Waals surface area contributed by atoms with Crippen molar-refractivity contribution < 1.29 is 14.7 Å². The van der Waals surface area contributed by atoms with Crippen LogP contribution in [0.15, 0.2) is 24.5 Å². The van der Waals surface area contributed by atoms with Crippen molar-refractivity contribution >= 4 is 22.9 Å². The van der Waals surface area contributed by atoms with E-state index in [2.05, 4.69) is 4.98 Å². The van der Waals surface area contributed by atoms with Gasteiger partial charge in [0.15, 0.2) is 0 Å². The maximum atomic E-state index is 11.5. The Kier molecular flexibility index (Phi) is 2.58. The SMILES string of the molecule is CC(C)(C(N)=O)n1cnc2cccc(C(=O)O)c21. The number of hydrogen-bond donors (Lipinski definition) is 2. The van der Waals surface area contributed by atoms with Gasteiger partial charge in [-0.2, -0.15) is 0 Å². The smallest absolute Gasteiger partial charge is 0.337 e.